The number of nitrogens with one attached hydrogen (secondary N) is 1. The largest absolute Gasteiger partial charge is 0.486 e. The van der Waals surface area contributed by atoms with Crippen molar-refractivity contribution in [3.05, 3.63) is 22.2 Å². The topological polar surface area (TPSA) is 67.8 Å². The summed E-state index contributed by atoms with van der Waals surface area (Å²) in [5.41, 5.74) is 0.555. The van der Waals surface area contributed by atoms with Gasteiger partial charge in [0.1, 0.15) is 19.3 Å². The third-order valence-corrected chi connectivity index (χ3v) is 3.20. The van der Waals surface area contributed by atoms with Crippen molar-refractivity contribution in [1.29, 1.82) is 0 Å². The van der Waals surface area contributed by atoms with Gasteiger partial charge in [0.05, 0.1) is 11.0 Å². The standard InChI is InChI=1S/C13H12BrNO4/c1-2-3-15-11(13(16)17)8-6-9(14)12-10(7-8)18-4-5-19-12/h1,6-7,11,15H,3-5H2,(H,16,17). The number of benzene rings is 1. The minimum Gasteiger partial charge on any atom is -0.486 e. The molecule has 0 radical (unpaired) electrons. The van der Waals surface area contributed by atoms with Crippen molar-refractivity contribution in [1.82, 2.24) is 5.32 Å². The summed E-state index contributed by atoms with van der Waals surface area (Å²) in [6, 6.07) is 2.46. The van der Waals surface area contributed by atoms with Crippen molar-refractivity contribution in [2.24, 2.45) is 0 Å². The number of rotatable bonds is 4. The lowest BCUT2D eigenvalue weighted by Gasteiger charge is -2.22. The molecule has 6 heteroatoms. The van der Waals surface area contributed by atoms with Gasteiger partial charge in [-0.2, -0.15) is 0 Å². The van der Waals surface area contributed by atoms with E-state index in [0.717, 1.165) is 0 Å². The normalized spacial score (nSPS) is 14.5. The van der Waals surface area contributed by atoms with Gasteiger partial charge in [0.15, 0.2) is 11.5 Å². The molecule has 1 aromatic carbocycles. The lowest BCUT2D eigenvalue weighted by molar-refractivity contribution is -0.139. The number of hydrogen-bond donors (Lipinski definition) is 2. The van der Waals surface area contributed by atoms with E-state index < -0.39 is 12.0 Å². The van der Waals surface area contributed by atoms with E-state index >= 15 is 0 Å². The Morgan fingerprint density at radius 2 is 2.26 bits per heavy atom. The minimum atomic E-state index is -1.00. The van der Waals surface area contributed by atoms with Crippen LogP contribution in [0.3, 0.4) is 0 Å². The first kappa shape index (κ1) is 13.7. The summed E-state index contributed by atoms with van der Waals surface area (Å²) in [6.07, 6.45) is 5.14. The number of fused-ring (bicyclic) bond motifs is 1. The molecular weight excluding hydrogens is 314 g/mol. The zero-order chi connectivity index (χ0) is 13.8. The summed E-state index contributed by atoms with van der Waals surface area (Å²) in [6.45, 7) is 1.09. The van der Waals surface area contributed by atoms with Gasteiger partial charge in [-0.3, -0.25) is 10.1 Å². The maximum atomic E-state index is 11.3. The van der Waals surface area contributed by atoms with Gasteiger partial charge in [0.25, 0.3) is 0 Å². The number of halogens is 1. The second-order valence-corrected chi connectivity index (χ2v) is 4.74. The highest BCUT2D eigenvalue weighted by Crippen LogP contribution is 2.39. The van der Waals surface area contributed by atoms with Crippen LogP contribution in [0.1, 0.15) is 11.6 Å². The minimum absolute atomic E-state index is 0.170. The van der Waals surface area contributed by atoms with E-state index in [-0.39, 0.29) is 6.54 Å². The van der Waals surface area contributed by atoms with Gasteiger partial charge in [-0.25, -0.2) is 0 Å². The highest BCUT2D eigenvalue weighted by atomic mass is 79.9. The van der Waals surface area contributed by atoms with Crippen molar-refractivity contribution in [3.63, 3.8) is 0 Å². The molecule has 0 saturated heterocycles. The van der Waals surface area contributed by atoms with E-state index in [1.54, 1.807) is 12.1 Å². The molecule has 5 nitrogen and oxygen atoms in total. The molecule has 1 unspecified atom stereocenters. The number of terminal acetylenes is 1. The average molecular weight is 326 g/mol. The predicted molar refractivity (Wildman–Crippen MR) is 72.3 cm³/mol. The smallest absolute Gasteiger partial charge is 0.325 e. The average Bonchev–Trinajstić information content (AvgIpc) is 2.39. The Labute approximate surface area is 119 Å². The van der Waals surface area contributed by atoms with E-state index in [4.69, 9.17) is 15.9 Å². The Morgan fingerprint density at radius 1 is 1.53 bits per heavy atom. The van der Waals surface area contributed by atoms with Crippen LogP contribution in [0, 0.1) is 12.3 Å². The third kappa shape index (κ3) is 3.00. The molecule has 0 aromatic heterocycles. The lowest BCUT2D eigenvalue weighted by Crippen LogP contribution is -2.29. The summed E-state index contributed by atoms with van der Waals surface area (Å²) in [5.74, 6) is 2.48. The highest BCUT2D eigenvalue weighted by molar-refractivity contribution is 9.10. The van der Waals surface area contributed by atoms with Crippen molar-refractivity contribution in [2.45, 2.75) is 6.04 Å². The molecule has 0 aliphatic carbocycles. The third-order valence-electron chi connectivity index (χ3n) is 2.61. The molecule has 0 saturated carbocycles. The van der Waals surface area contributed by atoms with Crippen LogP contribution in [0.4, 0.5) is 0 Å². The lowest BCUT2D eigenvalue weighted by atomic mass is 10.1. The fourth-order valence-electron chi connectivity index (χ4n) is 1.81. The molecule has 1 aromatic rings. The van der Waals surface area contributed by atoms with Gasteiger partial charge in [-0.1, -0.05) is 5.92 Å². The zero-order valence-corrected chi connectivity index (χ0v) is 11.6. The Morgan fingerprint density at radius 3 is 2.95 bits per heavy atom. The molecule has 19 heavy (non-hydrogen) atoms. The predicted octanol–water partition coefficient (Wildman–Crippen LogP) is 1.57. The van der Waals surface area contributed by atoms with E-state index in [0.29, 0.717) is 34.7 Å². The first-order valence-corrected chi connectivity index (χ1v) is 6.41. The Bertz CT molecular complexity index is 538. The van der Waals surface area contributed by atoms with Crippen LogP contribution in [0.15, 0.2) is 16.6 Å². The van der Waals surface area contributed by atoms with Crippen LogP contribution in [0.2, 0.25) is 0 Å². The van der Waals surface area contributed by atoms with Crippen LogP contribution in [-0.4, -0.2) is 30.8 Å². The summed E-state index contributed by atoms with van der Waals surface area (Å²) >= 11 is 3.35. The molecule has 100 valence electrons. The van der Waals surface area contributed by atoms with Crippen molar-refractivity contribution in [3.8, 4) is 23.8 Å². The van der Waals surface area contributed by atoms with Crippen LogP contribution in [0.5, 0.6) is 11.5 Å². The number of carboxylic acid groups (broad SMARTS) is 1. The SMILES string of the molecule is C#CCNC(C(=O)O)c1cc(Br)c2c(c1)OCCO2. The zero-order valence-electron chi connectivity index (χ0n) is 9.98. The van der Waals surface area contributed by atoms with Gasteiger partial charge < -0.3 is 14.6 Å². The van der Waals surface area contributed by atoms with Gasteiger partial charge in [0, 0.05) is 0 Å². The number of hydrogen-bond acceptors (Lipinski definition) is 4. The summed E-state index contributed by atoms with van der Waals surface area (Å²) in [4.78, 5) is 11.3. The second-order valence-electron chi connectivity index (χ2n) is 3.88. The van der Waals surface area contributed by atoms with Crippen molar-refractivity contribution >= 4 is 21.9 Å². The number of ether oxygens (including phenoxy) is 2. The first-order chi connectivity index (χ1) is 9.13. The Hall–Kier alpha value is -1.71. The molecule has 1 atom stereocenters. The van der Waals surface area contributed by atoms with Crippen LogP contribution < -0.4 is 14.8 Å². The van der Waals surface area contributed by atoms with Crippen molar-refractivity contribution < 1.29 is 19.4 Å². The summed E-state index contributed by atoms with van der Waals surface area (Å²) in [5, 5.41) is 12.0. The Balaban J connectivity index is 2.35. The maximum Gasteiger partial charge on any atom is 0.325 e. The molecule has 1 aliphatic heterocycles. The van der Waals surface area contributed by atoms with Gasteiger partial charge in [0.2, 0.25) is 0 Å². The molecule has 0 spiro atoms. The van der Waals surface area contributed by atoms with Crippen LogP contribution in [0.25, 0.3) is 0 Å². The molecule has 2 rings (SSSR count). The monoisotopic (exact) mass is 325 g/mol. The second kappa shape index (κ2) is 5.95. The molecule has 0 amide bonds. The molecule has 1 heterocycles. The number of carboxylic acids is 1. The molecule has 2 N–H and O–H groups in total. The van der Waals surface area contributed by atoms with E-state index in [1.165, 1.54) is 0 Å². The Kier molecular flexibility index (Phi) is 4.30. The van der Waals surface area contributed by atoms with Gasteiger partial charge in [-0.15, -0.1) is 6.42 Å². The van der Waals surface area contributed by atoms with Crippen LogP contribution >= 0.6 is 15.9 Å². The number of carbonyl (C=O) groups is 1. The van der Waals surface area contributed by atoms with E-state index in [9.17, 15) is 9.90 Å². The fraction of sp³-hybridized carbons (Fsp3) is 0.308. The first-order valence-electron chi connectivity index (χ1n) is 5.62. The van der Waals surface area contributed by atoms with Crippen molar-refractivity contribution in [2.75, 3.05) is 19.8 Å². The van der Waals surface area contributed by atoms with Gasteiger partial charge >= 0.3 is 5.97 Å². The molecule has 1 aliphatic rings. The molecule has 0 bridgehead atoms. The summed E-state index contributed by atoms with van der Waals surface area (Å²) < 4.78 is 11.6. The van der Waals surface area contributed by atoms with E-state index in [1.807, 2.05) is 0 Å². The molecular formula is C13H12BrNO4. The maximum absolute atomic E-state index is 11.3. The number of aliphatic carboxylic acids is 1. The van der Waals surface area contributed by atoms with Gasteiger partial charge in [-0.05, 0) is 33.6 Å². The van der Waals surface area contributed by atoms with Crippen LogP contribution in [-0.2, 0) is 4.79 Å². The quantitative estimate of drug-likeness (QED) is 0.822. The van der Waals surface area contributed by atoms with E-state index in [2.05, 4.69) is 27.2 Å². The fourth-order valence-corrected chi connectivity index (χ4v) is 2.38. The highest BCUT2D eigenvalue weighted by Gasteiger charge is 2.24. The summed E-state index contributed by atoms with van der Waals surface area (Å²) in [7, 11) is 0. The molecule has 0 fully saturated rings.